The number of hydrogen-bond donors (Lipinski definition) is 1. The molecule has 2 aliphatic heterocycles. The molecule has 0 spiro atoms. The second kappa shape index (κ2) is 7.86. The van der Waals surface area contributed by atoms with Crippen LogP contribution in [-0.4, -0.2) is 57.4 Å². The van der Waals surface area contributed by atoms with Gasteiger partial charge in [-0.15, -0.1) is 10.2 Å². The van der Waals surface area contributed by atoms with Gasteiger partial charge in [-0.05, 0) is 37.1 Å². The van der Waals surface area contributed by atoms with Gasteiger partial charge in [-0.2, -0.15) is 0 Å². The molecule has 3 aromatic rings. The number of amides is 1. The molecule has 1 saturated heterocycles. The van der Waals surface area contributed by atoms with Crippen LogP contribution in [0.3, 0.4) is 0 Å². The van der Waals surface area contributed by atoms with Gasteiger partial charge in [0.05, 0.1) is 5.75 Å². The Bertz CT molecular complexity index is 1100. The van der Waals surface area contributed by atoms with Crippen molar-refractivity contribution in [3.8, 4) is 23.0 Å². The van der Waals surface area contributed by atoms with E-state index in [1.54, 1.807) is 35.4 Å². The molecule has 1 N–H and O–H groups in total. The lowest BCUT2D eigenvalue weighted by atomic mass is 10.2. The van der Waals surface area contributed by atoms with E-state index in [1.165, 1.54) is 0 Å². The summed E-state index contributed by atoms with van der Waals surface area (Å²) in [6.45, 7) is 1.72. The number of carbonyl (C=O) groups is 2. The van der Waals surface area contributed by atoms with E-state index in [2.05, 4.69) is 15.2 Å². The summed E-state index contributed by atoms with van der Waals surface area (Å²) in [6.07, 6.45) is 3.61. The number of nitrogens with one attached hydrogen (secondary N) is 1. The predicted octanol–water partition coefficient (Wildman–Crippen LogP) is 3.00. The summed E-state index contributed by atoms with van der Waals surface area (Å²) < 4.78 is 16.3. The maximum absolute atomic E-state index is 12.5. The van der Waals surface area contributed by atoms with Crippen LogP contribution in [0.25, 0.3) is 11.5 Å². The predicted molar refractivity (Wildman–Crippen MR) is 107 cm³/mol. The van der Waals surface area contributed by atoms with Gasteiger partial charge < -0.3 is 23.8 Å². The van der Waals surface area contributed by atoms with E-state index in [-0.39, 0.29) is 24.2 Å². The van der Waals surface area contributed by atoms with E-state index in [9.17, 15) is 9.59 Å². The van der Waals surface area contributed by atoms with Gasteiger partial charge in [0.15, 0.2) is 17.3 Å². The van der Waals surface area contributed by atoms with Crippen LogP contribution in [-0.2, 0) is 0 Å². The summed E-state index contributed by atoms with van der Waals surface area (Å²) in [4.78, 5) is 29.6. The van der Waals surface area contributed by atoms with Crippen molar-refractivity contribution >= 4 is 23.5 Å². The zero-order chi connectivity index (χ0) is 20.5. The summed E-state index contributed by atoms with van der Waals surface area (Å²) in [7, 11) is 0. The van der Waals surface area contributed by atoms with E-state index < -0.39 is 0 Å². The number of carbonyl (C=O) groups excluding carboxylic acids is 2. The van der Waals surface area contributed by atoms with E-state index in [4.69, 9.17) is 13.9 Å². The quantitative estimate of drug-likeness (QED) is 0.473. The summed E-state index contributed by atoms with van der Waals surface area (Å²) in [5.41, 5.74) is 1.61. The van der Waals surface area contributed by atoms with Crippen molar-refractivity contribution in [1.29, 1.82) is 0 Å². The lowest BCUT2D eigenvalue weighted by Crippen LogP contribution is -2.27. The van der Waals surface area contributed by atoms with Crippen LogP contribution in [0.15, 0.2) is 40.1 Å². The van der Waals surface area contributed by atoms with Crippen molar-refractivity contribution in [1.82, 2.24) is 20.1 Å². The monoisotopic (exact) mass is 426 g/mol. The molecule has 0 unspecified atom stereocenters. The fourth-order valence-electron chi connectivity index (χ4n) is 3.39. The zero-order valence-electron chi connectivity index (χ0n) is 15.9. The molecule has 30 heavy (non-hydrogen) atoms. The average Bonchev–Trinajstić information content (AvgIpc) is 3.57. The number of nitrogens with zero attached hydrogens (tertiary/aromatic N) is 3. The molecule has 1 fully saturated rings. The second-order valence-electron chi connectivity index (χ2n) is 6.95. The number of thioether (sulfide) groups is 1. The molecule has 5 rings (SSSR count). The Hall–Kier alpha value is -3.27. The molecular formula is C20H18N4O5S. The fourth-order valence-corrected chi connectivity index (χ4v) is 4.05. The van der Waals surface area contributed by atoms with Crippen molar-refractivity contribution in [3.63, 3.8) is 0 Å². The first-order valence-electron chi connectivity index (χ1n) is 9.54. The minimum atomic E-state index is -0.125. The number of aromatic nitrogens is 3. The van der Waals surface area contributed by atoms with Crippen molar-refractivity contribution < 1.29 is 23.5 Å². The third kappa shape index (κ3) is 3.65. The Labute approximate surface area is 175 Å². The van der Waals surface area contributed by atoms with Crippen molar-refractivity contribution in [2.45, 2.75) is 18.1 Å². The Morgan fingerprint density at radius 2 is 1.93 bits per heavy atom. The van der Waals surface area contributed by atoms with Gasteiger partial charge in [-0.1, -0.05) is 11.8 Å². The van der Waals surface area contributed by atoms with Gasteiger partial charge in [0.25, 0.3) is 11.1 Å². The number of aromatic amines is 1. The number of ether oxygens (including phenoxy) is 2. The highest BCUT2D eigenvalue weighted by Crippen LogP contribution is 2.36. The molecule has 0 radical (unpaired) electrons. The molecule has 4 heterocycles. The first-order chi connectivity index (χ1) is 14.7. The minimum Gasteiger partial charge on any atom is -0.454 e. The van der Waals surface area contributed by atoms with Crippen LogP contribution in [0.1, 0.15) is 33.7 Å². The van der Waals surface area contributed by atoms with Crippen LogP contribution in [0.4, 0.5) is 0 Å². The van der Waals surface area contributed by atoms with E-state index in [1.807, 2.05) is 0 Å². The highest BCUT2D eigenvalue weighted by Gasteiger charge is 2.22. The smallest absolute Gasteiger partial charge is 0.277 e. The highest BCUT2D eigenvalue weighted by molar-refractivity contribution is 7.99. The maximum Gasteiger partial charge on any atom is 0.277 e. The minimum absolute atomic E-state index is 0.0653. The van der Waals surface area contributed by atoms with Crippen LogP contribution in [0.5, 0.6) is 11.5 Å². The van der Waals surface area contributed by atoms with Crippen LogP contribution < -0.4 is 9.47 Å². The lowest BCUT2D eigenvalue weighted by molar-refractivity contribution is 0.0787. The summed E-state index contributed by atoms with van der Waals surface area (Å²) in [6, 6.07) is 6.97. The van der Waals surface area contributed by atoms with Gasteiger partial charge in [0, 0.05) is 30.4 Å². The molecular weight excluding hydrogens is 408 g/mol. The third-order valence-corrected chi connectivity index (χ3v) is 5.80. The van der Waals surface area contributed by atoms with Gasteiger partial charge >= 0.3 is 0 Å². The molecule has 10 heteroatoms. The molecule has 9 nitrogen and oxygen atoms in total. The first-order valence-corrected chi connectivity index (χ1v) is 10.5. The Balaban J connectivity index is 1.21. The Kier molecular flexibility index (Phi) is 4.91. The van der Waals surface area contributed by atoms with Crippen molar-refractivity contribution in [3.05, 3.63) is 41.7 Å². The summed E-state index contributed by atoms with van der Waals surface area (Å²) in [5, 5.41) is 8.31. The number of Topliss-reactive ketones (excluding diaryl/α,β-unsaturated/α-hetero) is 1. The number of rotatable bonds is 6. The zero-order valence-corrected chi connectivity index (χ0v) is 16.7. The lowest BCUT2D eigenvalue weighted by Gasteiger charge is -2.13. The molecule has 0 saturated carbocycles. The highest BCUT2D eigenvalue weighted by atomic mass is 32.2. The fraction of sp³-hybridized carbons (Fsp3) is 0.300. The third-order valence-electron chi connectivity index (χ3n) is 4.98. The molecule has 2 aliphatic rings. The molecule has 2 aromatic heterocycles. The van der Waals surface area contributed by atoms with Gasteiger partial charge in [-0.25, -0.2) is 0 Å². The molecule has 0 aliphatic carbocycles. The number of ketones is 1. The molecule has 1 amide bonds. The molecule has 0 bridgehead atoms. The number of fused-ring (bicyclic) bond motifs is 1. The normalized spacial score (nSPS) is 15.0. The van der Waals surface area contributed by atoms with Crippen LogP contribution >= 0.6 is 11.8 Å². The second-order valence-corrected chi connectivity index (χ2v) is 7.88. The summed E-state index contributed by atoms with van der Waals surface area (Å²) in [5.74, 6) is 1.57. The first kappa shape index (κ1) is 18.7. The number of benzene rings is 1. The van der Waals surface area contributed by atoms with Gasteiger partial charge in [-0.3, -0.25) is 9.59 Å². The molecule has 0 atom stereocenters. The standard InChI is InChI=1S/C20H18N4O5S/c25-15(13-7-14(21-9-13)19(26)24-5-1-2-6-24)10-30-20-23-22-18(29-20)12-3-4-16-17(8-12)28-11-27-16/h3-4,7-9,21H,1-2,5-6,10-11H2. The Morgan fingerprint density at radius 1 is 1.10 bits per heavy atom. The van der Waals surface area contributed by atoms with Crippen LogP contribution in [0.2, 0.25) is 0 Å². The summed E-state index contributed by atoms with van der Waals surface area (Å²) >= 11 is 1.15. The molecule has 154 valence electrons. The number of likely N-dealkylation sites (tertiary alicyclic amines) is 1. The topological polar surface area (TPSA) is 111 Å². The van der Waals surface area contributed by atoms with Crippen molar-refractivity contribution in [2.75, 3.05) is 25.6 Å². The SMILES string of the molecule is O=C(CSc1nnc(-c2ccc3c(c2)OCO3)o1)c1c[nH]c(C(=O)N2CCCC2)c1. The van der Waals surface area contributed by atoms with Crippen LogP contribution in [0, 0.1) is 0 Å². The van der Waals surface area contributed by atoms with E-state index in [0.717, 1.165) is 37.7 Å². The maximum atomic E-state index is 12.5. The average molecular weight is 426 g/mol. The van der Waals surface area contributed by atoms with E-state index >= 15 is 0 Å². The van der Waals surface area contributed by atoms with Gasteiger partial charge in [0.2, 0.25) is 12.7 Å². The van der Waals surface area contributed by atoms with Crippen molar-refractivity contribution in [2.24, 2.45) is 0 Å². The van der Waals surface area contributed by atoms with Gasteiger partial charge in [0.1, 0.15) is 5.69 Å². The number of H-pyrrole nitrogens is 1. The number of hydrogen-bond acceptors (Lipinski definition) is 8. The van der Waals surface area contributed by atoms with E-state index in [0.29, 0.717) is 39.4 Å². The Morgan fingerprint density at radius 3 is 2.80 bits per heavy atom. The molecule has 1 aromatic carbocycles. The largest absolute Gasteiger partial charge is 0.454 e.